The second-order valence-electron chi connectivity index (χ2n) is 6.54. The van der Waals surface area contributed by atoms with Gasteiger partial charge in [0, 0.05) is 12.3 Å². The van der Waals surface area contributed by atoms with E-state index in [1.165, 1.54) is 6.26 Å². The third kappa shape index (κ3) is 4.66. The van der Waals surface area contributed by atoms with Gasteiger partial charge < -0.3 is 5.32 Å². The number of hydrogen-bond donors (Lipinski definition) is 1. The van der Waals surface area contributed by atoms with Gasteiger partial charge in [-0.15, -0.1) is 0 Å². The third-order valence-electron chi connectivity index (χ3n) is 4.59. The summed E-state index contributed by atoms with van der Waals surface area (Å²) in [5, 5.41) is 7.26. The van der Waals surface area contributed by atoms with Crippen LogP contribution in [0.2, 0.25) is 0 Å². The smallest absolute Gasteiger partial charge is 0.224 e. The first kappa shape index (κ1) is 17.6. The quantitative estimate of drug-likeness (QED) is 0.870. The molecule has 0 bridgehead atoms. The SMILES string of the molecule is CS(=O)(=O)c1ccc(CC(=O)NC2CCC(n3cncn3)CC2)cc1. The number of carbonyl (C=O) groups excluding carboxylic acids is 1. The number of aromatic nitrogens is 3. The lowest BCUT2D eigenvalue weighted by Crippen LogP contribution is -2.38. The molecule has 1 heterocycles. The molecule has 1 amide bonds. The molecule has 1 saturated carbocycles. The maximum absolute atomic E-state index is 12.2. The summed E-state index contributed by atoms with van der Waals surface area (Å²) in [7, 11) is -3.21. The number of carbonyl (C=O) groups is 1. The van der Waals surface area contributed by atoms with Crippen LogP contribution in [0.5, 0.6) is 0 Å². The maximum Gasteiger partial charge on any atom is 0.224 e. The predicted molar refractivity (Wildman–Crippen MR) is 92.7 cm³/mol. The highest BCUT2D eigenvalue weighted by molar-refractivity contribution is 7.90. The largest absolute Gasteiger partial charge is 0.353 e. The van der Waals surface area contributed by atoms with E-state index in [-0.39, 0.29) is 23.3 Å². The van der Waals surface area contributed by atoms with Crippen molar-refractivity contribution in [1.29, 1.82) is 0 Å². The van der Waals surface area contributed by atoms with E-state index in [9.17, 15) is 13.2 Å². The molecule has 25 heavy (non-hydrogen) atoms. The van der Waals surface area contributed by atoms with Crippen molar-refractivity contribution in [2.24, 2.45) is 0 Å². The zero-order valence-corrected chi connectivity index (χ0v) is 14.9. The highest BCUT2D eigenvalue weighted by Gasteiger charge is 2.23. The number of amides is 1. The molecule has 1 N–H and O–H groups in total. The summed E-state index contributed by atoms with van der Waals surface area (Å²) in [6, 6.07) is 7.01. The van der Waals surface area contributed by atoms with Crippen LogP contribution < -0.4 is 5.32 Å². The van der Waals surface area contributed by atoms with Gasteiger partial charge in [-0.2, -0.15) is 5.10 Å². The summed E-state index contributed by atoms with van der Waals surface area (Å²) in [5.41, 5.74) is 0.807. The van der Waals surface area contributed by atoms with Crippen molar-refractivity contribution in [3.8, 4) is 0 Å². The van der Waals surface area contributed by atoms with Crippen LogP contribution >= 0.6 is 0 Å². The highest BCUT2D eigenvalue weighted by Crippen LogP contribution is 2.27. The van der Waals surface area contributed by atoms with Crippen LogP contribution in [0.3, 0.4) is 0 Å². The molecule has 1 aliphatic rings. The normalized spacial score (nSPS) is 21.0. The second-order valence-corrected chi connectivity index (χ2v) is 8.56. The average Bonchev–Trinajstić information content (AvgIpc) is 3.09. The Kier molecular flexibility index (Phi) is 5.17. The van der Waals surface area contributed by atoms with E-state index >= 15 is 0 Å². The minimum atomic E-state index is -3.21. The van der Waals surface area contributed by atoms with Crippen LogP contribution in [0.25, 0.3) is 0 Å². The van der Waals surface area contributed by atoms with Crippen molar-refractivity contribution in [1.82, 2.24) is 20.1 Å². The summed E-state index contributed by atoms with van der Waals surface area (Å²) >= 11 is 0. The van der Waals surface area contributed by atoms with Crippen molar-refractivity contribution in [3.63, 3.8) is 0 Å². The lowest BCUT2D eigenvalue weighted by Gasteiger charge is -2.29. The predicted octanol–water partition coefficient (Wildman–Crippen LogP) is 1.52. The van der Waals surface area contributed by atoms with E-state index in [1.807, 2.05) is 4.68 Å². The fourth-order valence-electron chi connectivity index (χ4n) is 3.21. The van der Waals surface area contributed by atoms with Crippen molar-refractivity contribution in [3.05, 3.63) is 42.5 Å². The molecule has 0 unspecified atom stereocenters. The van der Waals surface area contributed by atoms with Crippen LogP contribution in [-0.4, -0.2) is 41.4 Å². The van der Waals surface area contributed by atoms with Crippen LogP contribution in [-0.2, 0) is 21.1 Å². The van der Waals surface area contributed by atoms with E-state index < -0.39 is 9.84 Å². The number of benzene rings is 1. The van der Waals surface area contributed by atoms with E-state index in [0.29, 0.717) is 6.04 Å². The zero-order chi connectivity index (χ0) is 17.9. The van der Waals surface area contributed by atoms with E-state index in [1.54, 1.807) is 36.9 Å². The van der Waals surface area contributed by atoms with E-state index in [2.05, 4.69) is 15.4 Å². The maximum atomic E-state index is 12.2. The first-order chi connectivity index (χ1) is 11.9. The Balaban J connectivity index is 1.48. The van der Waals surface area contributed by atoms with Gasteiger partial charge in [0.1, 0.15) is 12.7 Å². The third-order valence-corrected chi connectivity index (χ3v) is 5.72. The number of sulfone groups is 1. The summed E-state index contributed by atoms with van der Waals surface area (Å²) < 4.78 is 24.8. The van der Waals surface area contributed by atoms with Gasteiger partial charge in [0.2, 0.25) is 5.91 Å². The molecule has 7 nitrogen and oxygen atoms in total. The Bertz CT molecular complexity index is 808. The first-order valence-corrected chi connectivity index (χ1v) is 10.2. The van der Waals surface area contributed by atoms with Gasteiger partial charge in [-0.05, 0) is 43.4 Å². The van der Waals surface area contributed by atoms with Crippen LogP contribution in [0.4, 0.5) is 0 Å². The van der Waals surface area contributed by atoms with Crippen molar-refractivity contribution >= 4 is 15.7 Å². The van der Waals surface area contributed by atoms with Crippen molar-refractivity contribution in [2.75, 3.05) is 6.26 Å². The minimum absolute atomic E-state index is 0.0312. The number of nitrogens with zero attached hydrogens (tertiary/aromatic N) is 3. The molecule has 0 spiro atoms. The Morgan fingerprint density at radius 3 is 2.44 bits per heavy atom. The van der Waals surface area contributed by atoms with E-state index in [0.717, 1.165) is 31.2 Å². The Morgan fingerprint density at radius 2 is 1.88 bits per heavy atom. The Morgan fingerprint density at radius 1 is 1.20 bits per heavy atom. The fourth-order valence-corrected chi connectivity index (χ4v) is 3.84. The molecule has 2 aromatic rings. The Hall–Kier alpha value is -2.22. The van der Waals surface area contributed by atoms with Crippen LogP contribution in [0.15, 0.2) is 41.8 Å². The number of rotatable bonds is 5. The molecular weight excluding hydrogens is 340 g/mol. The average molecular weight is 362 g/mol. The Labute approximate surface area is 147 Å². The van der Waals surface area contributed by atoms with Gasteiger partial charge in [-0.3, -0.25) is 4.79 Å². The summed E-state index contributed by atoms with van der Waals surface area (Å²) in [6.45, 7) is 0. The van der Waals surface area contributed by atoms with Crippen LogP contribution in [0, 0.1) is 0 Å². The second kappa shape index (κ2) is 7.35. The van der Waals surface area contributed by atoms with Gasteiger partial charge in [0.15, 0.2) is 9.84 Å². The summed E-state index contributed by atoms with van der Waals surface area (Å²) in [5.74, 6) is -0.0312. The van der Waals surface area contributed by atoms with Gasteiger partial charge in [0.05, 0.1) is 17.4 Å². The molecule has 1 aromatic heterocycles. The van der Waals surface area contributed by atoms with Gasteiger partial charge in [-0.1, -0.05) is 12.1 Å². The summed E-state index contributed by atoms with van der Waals surface area (Å²) in [6.07, 6.45) is 8.49. The molecule has 0 aliphatic heterocycles. The molecule has 0 radical (unpaired) electrons. The van der Waals surface area contributed by atoms with E-state index in [4.69, 9.17) is 0 Å². The monoisotopic (exact) mass is 362 g/mol. The van der Waals surface area contributed by atoms with Gasteiger partial charge in [-0.25, -0.2) is 18.1 Å². The molecule has 1 aromatic carbocycles. The molecule has 0 saturated heterocycles. The standard InChI is InChI=1S/C17H22N4O3S/c1-25(23,24)16-8-2-13(3-9-16)10-17(22)20-14-4-6-15(7-5-14)21-12-18-11-19-21/h2-3,8-9,11-12,14-15H,4-7,10H2,1H3,(H,20,22). The molecule has 3 rings (SSSR count). The zero-order valence-electron chi connectivity index (χ0n) is 14.1. The highest BCUT2D eigenvalue weighted by atomic mass is 32.2. The van der Waals surface area contributed by atoms with Gasteiger partial charge in [0.25, 0.3) is 0 Å². The molecule has 0 atom stereocenters. The molecule has 8 heteroatoms. The lowest BCUT2D eigenvalue weighted by molar-refractivity contribution is -0.121. The summed E-state index contributed by atoms with van der Waals surface area (Å²) in [4.78, 5) is 16.5. The molecule has 1 aliphatic carbocycles. The topological polar surface area (TPSA) is 94.0 Å². The van der Waals surface area contributed by atoms with Crippen molar-refractivity contribution < 1.29 is 13.2 Å². The molecule has 134 valence electrons. The minimum Gasteiger partial charge on any atom is -0.353 e. The molecule has 1 fully saturated rings. The lowest BCUT2D eigenvalue weighted by atomic mass is 9.91. The molecular formula is C17H22N4O3S. The fraction of sp³-hybridized carbons (Fsp3) is 0.471. The van der Waals surface area contributed by atoms with Gasteiger partial charge >= 0.3 is 0 Å². The number of hydrogen-bond acceptors (Lipinski definition) is 5. The first-order valence-electron chi connectivity index (χ1n) is 8.34. The number of nitrogens with one attached hydrogen (secondary N) is 1. The van der Waals surface area contributed by atoms with Crippen molar-refractivity contribution in [2.45, 2.75) is 49.1 Å². The van der Waals surface area contributed by atoms with Crippen LogP contribution in [0.1, 0.15) is 37.3 Å².